The summed E-state index contributed by atoms with van der Waals surface area (Å²) in [6.07, 6.45) is 2.71. The van der Waals surface area contributed by atoms with Gasteiger partial charge in [-0.3, -0.25) is 4.79 Å². The van der Waals surface area contributed by atoms with Crippen molar-refractivity contribution in [1.82, 2.24) is 9.97 Å². The number of hydrogen-bond acceptors (Lipinski definition) is 4. The van der Waals surface area contributed by atoms with Crippen molar-refractivity contribution in [2.45, 2.75) is 0 Å². The molecule has 5 nitrogen and oxygen atoms in total. The van der Waals surface area contributed by atoms with E-state index in [1.165, 1.54) is 18.5 Å². The van der Waals surface area contributed by atoms with Crippen LogP contribution in [-0.2, 0) is 0 Å². The molecule has 2 rings (SSSR count). The maximum absolute atomic E-state index is 13.3. The van der Waals surface area contributed by atoms with Gasteiger partial charge in [0.25, 0.3) is 5.88 Å². The standard InChI is InChI=1S/C10H7BrFN3O2/c11-5-3-7(13)8(4-6(5)12)17-10-9(16)14-1-2-15-10/h1-4H,13H2,(H,14,16). The predicted octanol–water partition coefficient (Wildman–Crippen LogP) is 2.05. The first-order valence-electron chi connectivity index (χ1n) is 4.54. The van der Waals surface area contributed by atoms with Gasteiger partial charge in [0.15, 0.2) is 5.75 Å². The van der Waals surface area contributed by atoms with E-state index in [1.807, 2.05) is 0 Å². The van der Waals surface area contributed by atoms with E-state index >= 15 is 0 Å². The van der Waals surface area contributed by atoms with Gasteiger partial charge in [-0.2, -0.15) is 0 Å². The molecule has 1 aromatic heterocycles. The fourth-order valence-corrected chi connectivity index (χ4v) is 1.51. The van der Waals surface area contributed by atoms with Crippen LogP contribution >= 0.6 is 15.9 Å². The highest BCUT2D eigenvalue weighted by Crippen LogP contribution is 2.30. The Balaban J connectivity index is 2.40. The van der Waals surface area contributed by atoms with Gasteiger partial charge in [-0.1, -0.05) is 0 Å². The van der Waals surface area contributed by atoms with Gasteiger partial charge in [0, 0.05) is 18.5 Å². The van der Waals surface area contributed by atoms with Crippen molar-refractivity contribution in [3.8, 4) is 11.6 Å². The summed E-state index contributed by atoms with van der Waals surface area (Å²) in [5, 5.41) is 0. The molecule has 0 saturated heterocycles. The van der Waals surface area contributed by atoms with Crippen LogP contribution in [0.5, 0.6) is 11.6 Å². The van der Waals surface area contributed by atoms with Crippen molar-refractivity contribution >= 4 is 21.6 Å². The van der Waals surface area contributed by atoms with E-state index in [0.717, 1.165) is 6.07 Å². The Kier molecular flexibility index (Phi) is 3.10. The van der Waals surface area contributed by atoms with Crippen LogP contribution in [-0.4, -0.2) is 9.97 Å². The number of nitrogen functional groups attached to an aromatic ring is 1. The Bertz CT molecular complexity index is 615. The fraction of sp³-hybridized carbons (Fsp3) is 0. The van der Waals surface area contributed by atoms with E-state index in [1.54, 1.807) is 0 Å². The molecule has 0 amide bonds. The quantitative estimate of drug-likeness (QED) is 0.832. The van der Waals surface area contributed by atoms with Gasteiger partial charge in [0.05, 0.1) is 10.2 Å². The molecule has 0 bridgehead atoms. The summed E-state index contributed by atoms with van der Waals surface area (Å²) in [5.74, 6) is -0.697. The molecule has 0 aliphatic rings. The van der Waals surface area contributed by atoms with Gasteiger partial charge < -0.3 is 15.5 Å². The number of hydrogen-bond donors (Lipinski definition) is 2. The second kappa shape index (κ2) is 4.54. The largest absolute Gasteiger partial charge is 0.432 e. The SMILES string of the molecule is Nc1cc(Br)c(F)cc1Oc1ncc[nH]c1=O. The number of anilines is 1. The number of ether oxygens (including phenoxy) is 1. The molecule has 0 radical (unpaired) electrons. The third-order valence-corrected chi connectivity index (χ3v) is 2.54. The van der Waals surface area contributed by atoms with Crippen molar-refractivity contribution in [2.24, 2.45) is 0 Å². The van der Waals surface area contributed by atoms with Gasteiger partial charge in [0.1, 0.15) is 5.82 Å². The topological polar surface area (TPSA) is 81.0 Å². The average Bonchev–Trinajstić information content (AvgIpc) is 2.29. The van der Waals surface area contributed by atoms with Gasteiger partial charge in [-0.25, -0.2) is 9.37 Å². The van der Waals surface area contributed by atoms with Crippen molar-refractivity contribution in [3.05, 3.63) is 45.2 Å². The van der Waals surface area contributed by atoms with E-state index in [4.69, 9.17) is 10.5 Å². The Hall–Kier alpha value is -1.89. The molecule has 3 N–H and O–H groups in total. The Morgan fingerprint density at radius 3 is 2.94 bits per heavy atom. The lowest BCUT2D eigenvalue weighted by Gasteiger charge is -2.07. The van der Waals surface area contributed by atoms with Gasteiger partial charge in [-0.05, 0) is 22.0 Å². The predicted molar refractivity (Wildman–Crippen MR) is 63.4 cm³/mol. The van der Waals surface area contributed by atoms with Crippen LogP contribution in [0.15, 0.2) is 33.8 Å². The first-order valence-corrected chi connectivity index (χ1v) is 5.33. The van der Waals surface area contributed by atoms with E-state index in [9.17, 15) is 9.18 Å². The number of aromatic nitrogens is 2. The molecule has 0 saturated carbocycles. The third-order valence-electron chi connectivity index (χ3n) is 1.93. The second-order valence-electron chi connectivity index (χ2n) is 3.13. The fourth-order valence-electron chi connectivity index (χ4n) is 1.15. The molecule has 88 valence electrons. The van der Waals surface area contributed by atoms with Crippen LogP contribution in [0.2, 0.25) is 0 Å². The first kappa shape index (κ1) is 11.6. The van der Waals surface area contributed by atoms with E-state index in [0.29, 0.717) is 0 Å². The summed E-state index contributed by atoms with van der Waals surface area (Å²) in [6.45, 7) is 0. The summed E-state index contributed by atoms with van der Waals surface area (Å²) in [7, 11) is 0. The Morgan fingerprint density at radius 2 is 2.24 bits per heavy atom. The maximum Gasteiger partial charge on any atom is 0.311 e. The van der Waals surface area contributed by atoms with Crippen molar-refractivity contribution in [1.29, 1.82) is 0 Å². The molecule has 0 aliphatic heterocycles. The molecular weight excluding hydrogens is 293 g/mol. The van der Waals surface area contributed by atoms with Crippen molar-refractivity contribution < 1.29 is 9.13 Å². The zero-order chi connectivity index (χ0) is 12.4. The van der Waals surface area contributed by atoms with Crippen LogP contribution < -0.4 is 16.0 Å². The number of benzene rings is 1. The zero-order valence-corrected chi connectivity index (χ0v) is 9.99. The summed E-state index contributed by atoms with van der Waals surface area (Å²) < 4.78 is 18.6. The van der Waals surface area contributed by atoms with Gasteiger partial charge >= 0.3 is 5.56 Å². The van der Waals surface area contributed by atoms with Crippen LogP contribution in [0.1, 0.15) is 0 Å². The van der Waals surface area contributed by atoms with Crippen molar-refractivity contribution in [3.63, 3.8) is 0 Å². The maximum atomic E-state index is 13.3. The molecule has 0 spiro atoms. The lowest BCUT2D eigenvalue weighted by Crippen LogP contribution is -2.10. The lowest BCUT2D eigenvalue weighted by molar-refractivity contribution is 0.451. The van der Waals surface area contributed by atoms with Crippen LogP contribution in [0, 0.1) is 5.82 Å². The minimum atomic E-state index is -0.540. The summed E-state index contributed by atoms with van der Waals surface area (Å²) >= 11 is 2.99. The molecule has 0 unspecified atom stereocenters. The van der Waals surface area contributed by atoms with E-state index in [2.05, 4.69) is 25.9 Å². The highest BCUT2D eigenvalue weighted by Gasteiger charge is 2.10. The molecule has 0 atom stereocenters. The number of halogens is 2. The second-order valence-corrected chi connectivity index (χ2v) is 3.98. The molecule has 7 heteroatoms. The lowest BCUT2D eigenvalue weighted by atomic mass is 10.3. The van der Waals surface area contributed by atoms with Gasteiger partial charge in [0.2, 0.25) is 0 Å². The monoisotopic (exact) mass is 299 g/mol. The number of nitrogens with one attached hydrogen (secondary N) is 1. The molecule has 2 aromatic rings. The first-order chi connectivity index (χ1) is 8.08. The molecule has 1 aromatic carbocycles. The number of H-pyrrole nitrogens is 1. The minimum Gasteiger partial charge on any atom is -0.432 e. The Morgan fingerprint density at radius 1 is 1.47 bits per heavy atom. The molecule has 0 fully saturated rings. The number of aromatic amines is 1. The normalized spacial score (nSPS) is 10.2. The van der Waals surface area contributed by atoms with Crippen LogP contribution in [0.4, 0.5) is 10.1 Å². The van der Waals surface area contributed by atoms with E-state index in [-0.39, 0.29) is 21.8 Å². The highest BCUT2D eigenvalue weighted by atomic mass is 79.9. The molecule has 17 heavy (non-hydrogen) atoms. The number of nitrogens with zero attached hydrogens (tertiary/aromatic N) is 1. The summed E-state index contributed by atoms with van der Waals surface area (Å²) in [4.78, 5) is 17.4. The third kappa shape index (κ3) is 2.44. The average molecular weight is 300 g/mol. The zero-order valence-electron chi connectivity index (χ0n) is 8.41. The highest BCUT2D eigenvalue weighted by molar-refractivity contribution is 9.10. The number of rotatable bonds is 2. The smallest absolute Gasteiger partial charge is 0.311 e. The molecule has 0 aliphatic carbocycles. The molecule has 1 heterocycles. The van der Waals surface area contributed by atoms with Gasteiger partial charge in [-0.15, -0.1) is 0 Å². The van der Waals surface area contributed by atoms with Crippen molar-refractivity contribution in [2.75, 3.05) is 5.73 Å². The van der Waals surface area contributed by atoms with Crippen LogP contribution in [0.3, 0.4) is 0 Å². The minimum absolute atomic E-state index is 0.0369. The van der Waals surface area contributed by atoms with E-state index < -0.39 is 11.4 Å². The summed E-state index contributed by atoms with van der Waals surface area (Å²) in [6, 6.07) is 2.43. The summed E-state index contributed by atoms with van der Waals surface area (Å²) in [5.41, 5.74) is 5.31. The van der Waals surface area contributed by atoms with Crippen LogP contribution in [0.25, 0.3) is 0 Å². The number of nitrogens with two attached hydrogens (primary N) is 1. The molecular formula is C10H7BrFN3O2. The Labute approximate surface area is 104 Å².